The lowest BCUT2D eigenvalue weighted by Gasteiger charge is -2.21. The van der Waals surface area contributed by atoms with Gasteiger partial charge in [0.15, 0.2) is 12.8 Å². The maximum atomic E-state index is 14.7. The number of likely N-dealkylation sites (tertiary alicyclic amines) is 1. The number of hydrogen-bond donors (Lipinski definition) is 4. The molecule has 1 fully saturated rings. The normalized spacial score (nSPS) is 19.9. The van der Waals surface area contributed by atoms with E-state index in [0.29, 0.717) is 10.9 Å². The molecule has 2 unspecified atom stereocenters. The van der Waals surface area contributed by atoms with Crippen LogP contribution in [-0.4, -0.2) is 76.3 Å². The van der Waals surface area contributed by atoms with Crippen molar-refractivity contribution < 1.29 is 33.4 Å². The molecule has 36 heavy (non-hydrogen) atoms. The molecule has 2 heterocycles. The van der Waals surface area contributed by atoms with E-state index < -0.39 is 54.7 Å². The number of nitriles is 1. The van der Waals surface area contributed by atoms with Gasteiger partial charge in [0.05, 0.1) is 30.2 Å². The standard InChI is InChI=1S/C23H25FN6O6/c1-2-23(24)8-13(9-25)30(12-23)19(32)10-28-21(34)15-5-6-27-17-4-3-14(7-16(15)17)36-11-18(31)29-22(35)20(26)33/h3-7,13,20,33H,2,8,10-12,26H2,1H3,(H,28,34)(H,29,31,35)/t13-,20?,23?/m1/s1. The Morgan fingerprint density at radius 2 is 2.14 bits per heavy atom. The summed E-state index contributed by atoms with van der Waals surface area (Å²) in [5, 5.41) is 22.9. The van der Waals surface area contributed by atoms with E-state index in [4.69, 9.17) is 15.6 Å². The molecule has 4 amide bonds. The lowest BCUT2D eigenvalue weighted by atomic mass is 10.00. The molecule has 1 aromatic heterocycles. The van der Waals surface area contributed by atoms with Crippen LogP contribution < -0.4 is 21.1 Å². The van der Waals surface area contributed by atoms with E-state index >= 15 is 0 Å². The van der Waals surface area contributed by atoms with E-state index in [1.165, 1.54) is 24.4 Å². The van der Waals surface area contributed by atoms with Crippen molar-refractivity contribution in [2.75, 3.05) is 19.7 Å². The van der Waals surface area contributed by atoms with E-state index in [9.17, 15) is 28.8 Å². The molecule has 0 saturated carbocycles. The molecule has 1 aliphatic heterocycles. The van der Waals surface area contributed by atoms with Crippen molar-refractivity contribution >= 4 is 34.5 Å². The van der Waals surface area contributed by atoms with Gasteiger partial charge in [0, 0.05) is 18.0 Å². The molecule has 1 aromatic carbocycles. The van der Waals surface area contributed by atoms with Crippen LogP contribution in [0.3, 0.4) is 0 Å². The molecule has 190 valence electrons. The van der Waals surface area contributed by atoms with Crippen molar-refractivity contribution in [2.45, 2.75) is 37.7 Å². The Morgan fingerprint density at radius 1 is 1.39 bits per heavy atom. The van der Waals surface area contributed by atoms with Gasteiger partial charge < -0.3 is 20.1 Å². The number of fused-ring (bicyclic) bond motifs is 1. The SMILES string of the molecule is CCC1(F)C[C@H](C#N)N(C(=O)CNC(=O)c2ccnc3ccc(OCC(=O)NC(=O)C(N)O)cc23)C1. The number of aliphatic hydroxyl groups excluding tert-OH is 1. The number of aromatic nitrogens is 1. The number of aliphatic hydroxyl groups is 1. The number of pyridine rings is 1. The first-order valence-corrected chi connectivity index (χ1v) is 11.0. The number of nitrogens with two attached hydrogens (primary N) is 1. The Balaban J connectivity index is 1.68. The topological polar surface area (TPSA) is 188 Å². The van der Waals surface area contributed by atoms with Gasteiger partial charge in [-0.2, -0.15) is 5.26 Å². The first kappa shape index (κ1) is 26.5. The first-order valence-electron chi connectivity index (χ1n) is 11.0. The zero-order valence-electron chi connectivity index (χ0n) is 19.4. The van der Waals surface area contributed by atoms with E-state index in [1.54, 1.807) is 13.0 Å². The molecule has 12 nitrogen and oxygen atoms in total. The maximum absolute atomic E-state index is 14.7. The summed E-state index contributed by atoms with van der Waals surface area (Å²) in [5.41, 5.74) is 3.92. The summed E-state index contributed by atoms with van der Waals surface area (Å²) in [6.07, 6.45) is -0.351. The van der Waals surface area contributed by atoms with Gasteiger partial charge in [0.25, 0.3) is 17.7 Å². The molecule has 3 atom stereocenters. The molecule has 3 rings (SSSR count). The molecule has 0 spiro atoms. The Bertz CT molecular complexity index is 1230. The highest BCUT2D eigenvalue weighted by Crippen LogP contribution is 2.33. The van der Waals surface area contributed by atoms with E-state index in [2.05, 4.69) is 10.3 Å². The smallest absolute Gasteiger partial charge is 0.270 e. The van der Waals surface area contributed by atoms with Gasteiger partial charge in [-0.1, -0.05) is 6.92 Å². The molecule has 0 radical (unpaired) electrons. The number of nitrogens with one attached hydrogen (secondary N) is 2. The minimum absolute atomic E-state index is 0.0730. The minimum Gasteiger partial charge on any atom is -0.484 e. The summed E-state index contributed by atoms with van der Waals surface area (Å²) in [5.74, 6) is -2.92. The zero-order valence-corrected chi connectivity index (χ0v) is 19.4. The van der Waals surface area contributed by atoms with Gasteiger partial charge in [0.2, 0.25) is 5.91 Å². The second-order valence-electron chi connectivity index (χ2n) is 8.24. The molecule has 0 aliphatic carbocycles. The summed E-state index contributed by atoms with van der Waals surface area (Å²) in [7, 11) is 0. The fourth-order valence-corrected chi connectivity index (χ4v) is 3.73. The summed E-state index contributed by atoms with van der Waals surface area (Å²) >= 11 is 0. The zero-order chi connectivity index (χ0) is 26.5. The number of alkyl halides is 1. The van der Waals surface area contributed by atoms with Crippen LogP contribution in [0.15, 0.2) is 30.5 Å². The summed E-state index contributed by atoms with van der Waals surface area (Å²) in [6, 6.07) is 6.96. The molecule has 13 heteroatoms. The number of ether oxygens (including phenoxy) is 1. The number of amides is 4. The summed E-state index contributed by atoms with van der Waals surface area (Å²) in [4.78, 5) is 53.8. The molecule has 1 aliphatic rings. The van der Waals surface area contributed by atoms with Crippen molar-refractivity contribution in [2.24, 2.45) is 5.73 Å². The quantitative estimate of drug-likeness (QED) is 0.347. The number of hydrogen-bond acceptors (Lipinski definition) is 9. The molecule has 2 aromatic rings. The number of carbonyl (C=O) groups is 4. The van der Waals surface area contributed by atoms with Crippen LogP contribution in [0.2, 0.25) is 0 Å². The van der Waals surface area contributed by atoms with E-state index in [1.807, 2.05) is 11.4 Å². The minimum atomic E-state index is -1.85. The van der Waals surface area contributed by atoms with Crippen molar-refractivity contribution in [3.63, 3.8) is 0 Å². The largest absolute Gasteiger partial charge is 0.484 e. The van der Waals surface area contributed by atoms with E-state index in [0.717, 1.165) is 4.90 Å². The van der Waals surface area contributed by atoms with Crippen LogP contribution >= 0.6 is 0 Å². The predicted molar refractivity (Wildman–Crippen MR) is 123 cm³/mol. The highest BCUT2D eigenvalue weighted by Gasteiger charge is 2.45. The van der Waals surface area contributed by atoms with E-state index in [-0.39, 0.29) is 30.7 Å². The molecular formula is C23H25FN6O6. The van der Waals surface area contributed by atoms with Crippen molar-refractivity contribution in [1.82, 2.24) is 20.5 Å². The van der Waals surface area contributed by atoms with Crippen molar-refractivity contribution in [1.29, 1.82) is 5.26 Å². The molecule has 1 saturated heterocycles. The fourth-order valence-electron chi connectivity index (χ4n) is 3.73. The number of imide groups is 1. The molecular weight excluding hydrogens is 475 g/mol. The number of benzene rings is 1. The van der Waals surface area contributed by atoms with Crippen LogP contribution in [0.25, 0.3) is 10.9 Å². The molecule has 0 bridgehead atoms. The Hall–Kier alpha value is -4.15. The number of carbonyl (C=O) groups excluding carboxylic acids is 4. The second-order valence-corrected chi connectivity index (χ2v) is 8.24. The third-order valence-corrected chi connectivity index (χ3v) is 5.75. The average molecular weight is 500 g/mol. The number of rotatable bonds is 8. The highest BCUT2D eigenvalue weighted by molar-refractivity contribution is 6.07. The lowest BCUT2D eigenvalue weighted by Crippen LogP contribution is -2.44. The van der Waals surface area contributed by atoms with Crippen molar-refractivity contribution in [3.8, 4) is 11.8 Å². The second kappa shape index (κ2) is 11.1. The van der Waals surface area contributed by atoms with Gasteiger partial charge in [-0.3, -0.25) is 35.2 Å². The maximum Gasteiger partial charge on any atom is 0.270 e. The molecule has 5 N–H and O–H groups in total. The summed E-state index contributed by atoms with van der Waals surface area (Å²) in [6.45, 7) is 0.438. The van der Waals surface area contributed by atoms with Crippen LogP contribution in [0, 0.1) is 11.3 Å². The monoisotopic (exact) mass is 500 g/mol. The number of nitrogens with zero attached hydrogens (tertiary/aromatic N) is 3. The Labute approximate surface area is 205 Å². The lowest BCUT2D eigenvalue weighted by molar-refractivity contribution is -0.136. The van der Waals surface area contributed by atoms with Gasteiger partial charge in [-0.25, -0.2) is 4.39 Å². The Morgan fingerprint density at radius 3 is 2.81 bits per heavy atom. The third kappa shape index (κ3) is 6.09. The van der Waals surface area contributed by atoms with Crippen LogP contribution in [0.4, 0.5) is 4.39 Å². The average Bonchev–Trinajstić information content (AvgIpc) is 3.22. The van der Waals surface area contributed by atoms with Crippen LogP contribution in [0.5, 0.6) is 5.75 Å². The highest BCUT2D eigenvalue weighted by atomic mass is 19.1. The first-order chi connectivity index (χ1) is 17.1. The summed E-state index contributed by atoms with van der Waals surface area (Å²) < 4.78 is 20.0. The van der Waals surface area contributed by atoms with Gasteiger partial charge in [-0.15, -0.1) is 0 Å². The van der Waals surface area contributed by atoms with Crippen LogP contribution in [-0.2, 0) is 14.4 Å². The van der Waals surface area contributed by atoms with Gasteiger partial charge >= 0.3 is 0 Å². The third-order valence-electron chi connectivity index (χ3n) is 5.75. The van der Waals surface area contributed by atoms with Crippen molar-refractivity contribution in [3.05, 3.63) is 36.0 Å². The van der Waals surface area contributed by atoms with Gasteiger partial charge in [-0.05, 0) is 30.7 Å². The van der Waals surface area contributed by atoms with Crippen LogP contribution in [0.1, 0.15) is 30.1 Å². The Kier molecular flexibility index (Phi) is 8.13. The fraction of sp³-hybridized carbons (Fsp3) is 0.391. The van der Waals surface area contributed by atoms with Gasteiger partial charge in [0.1, 0.15) is 17.5 Å². The number of halogens is 1. The predicted octanol–water partition coefficient (Wildman–Crippen LogP) is -0.494.